The van der Waals surface area contributed by atoms with Gasteiger partial charge in [0.25, 0.3) is 5.91 Å². The lowest BCUT2D eigenvalue weighted by Crippen LogP contribution is -2.40. The molecule has 5 aromatic heterocycles. The van der Waals surface area contributed by atoms with E-state index in [1.54, 1.807) is 67.3 Å². The predicted octanol–water partition coefficient (Wildman–Crippen LogP) is 6.27. The summed E-state index contributed by atoms with van der Waals surface area (Å²) in [5.74, 6) is -0.0924. The third-order valence-corrected chi connectivity index (χ3v) is 13.9. The number of halogens is 1. The lowest BCUT2D eigenvalue weighted by atomic mass is 9.92. The summed E-state index contributed by atoms with van der Waals surface area (Å²) in [5.41, 5.74) is 5.33. The highest BCUT2D eigenvalue weighted by atomic mass is 32.2. The van der Waals surface area contributed by atoms with Gasteiger partial charge in [0, 0.05) is 72.7 Å². The van der Waals surface area contributed by atoms with Crippen molar-refractivity contribution in [3.63, 3.8) is 0 Å². The van der Waals surface area contributed by atoms with Gasteiger partial charge in [0.2, 0.25) is 0 Å². The van der Waals surface area contributed by atoms with Crippen LogP contribution in [-0.4, -0.2) is 74.5 Å². The van der Waals surface area contributed by atoms with Crippen LogP contribution >= 0.6 is 0 Å². The van der Waals surface area contributed by atoms with Crippen LogP contribution in [0.5, 0.6) is 0 Å². The Balaban J connectivity index is 1.11. The number of carbonyl (C=O) groups is 1. The van der Waals surface area contributed by atoms with Gasteiger partial charge in [-0.15, -0.1) is 0 Å². The molecule has 1 saturated heterocycles. The lowest BCUT2D eigenvalue weighted by Gasteiger charge is -2.34. The summed E-state index contributed by atoms with van der Waals surface area (Å²) in [6.45, 7) is 7.02. The van der Waals surface area contributed by atoms with Gasteiger partial charge in [0.05, 0.1) is 43.8 Å². The van der Waals surface area contributed by atoms with Crippen LogP contribution in [0.2, 0.25) is 0 Å². The molecule has 7 aromatic rings. The zero-order valence-electron chi connectivity index (χ0n) is 34.1. The number of imidazole rings is 1. The standard InChI is InChI=1S/C44H44FN9O6S/c1-25-21-32(22-26(2)37(25)45)54-39(53-18-17-52(43(53)57)30-5-7-33(8-6-30)61(4,46)58)36-27(3)50(16-10-35(36)48-54)40(55)34-24-31-23-29(28-11-19-59-20-12-28)9-15-51(31)38(34)44(13-14-44)41-47-42(56)60-49-41/h5-9,15,17-18,21-24,27-28,46H,10-14,16,19-20H2,1-4H3,(H,47,49,56)/t27-,61?/m0/s1. The van der Waals surface area contributed by atoms with Crippen molar-refractivity contribution in [1.29, 1.82) is 4.78 Å². The van der Waals surface area contributed by atoms with Crippen LogP contribution in [0, 0.1) is 24.4 Å². The Morgan fingerprint density at radius 2 is 1.67 bits per heavy atom. The van der Waals surface area contributed by atoms with E-state index in [0.717, 1.165) is 24.1 Å². The molecule has 2 aliphatic heterocycles. The van der Waals surface area contributed by atoms with Crippen molar-refractivity contribution in [2.45, 2.75) is 75.1 Å². The van der Waals surface area contributed by atoms with Crippen molar-refractivity contribution in [3.8, 4) is 17.2 Å². The number of benzene rings is 2. The average Bonchev–Trinajstić information content (AvgIpc) is 3.54. The van der Waals surface area contributed by atoms with Crippen LogP contribution in [0.1, 0.15) is 94.4 Å². The Labute approximate surface area is 349 Å². The topological polar surface area (TPSA) is 179 Å². The van der Waals surface area contributed by atoms with Crippen molar-refractivity contribution in [1.82, 2.24) is 38.4 Å². The molecular formula is C44H44FN9O6S. The van der Waals surface area contributed by atoms with Crippen molar-refractivity contribution in [3.05, 3.63) is 145 Å². The summed E-state index contributed by atoms with van der Waals surface area (Å²) in [6.07, 6.45) is 10.1. The molecular weight excluding hydrogens is 802 g/mol. The number of hydrogen-bond donors (Lipinski definition) is 2. The summed E-state index contributed by atoms with van der Waals surface area (Å²) in [6, 6.07) is 15.4. The van der Waals surface area contributed by atoms with Gasteiger partial charge in [-0.3, -0.25) is 23.4 Å². The van der Waals surface area contributed by atoms with E-state index in [1.807, 2.05) is 28.5 Å². The highest BCUT2D eigenvalue weighted by Crippen LogP contribution is 2.54. The first-order valence-electron chi connectivity index (χ1n) is 20.4. The summed E-state index contributed by atoms with van der Waals surface area (Å²) in [7, 11) is -2.96. The van der Waals surface area contributed by atoms with Crippen LogP contribution in [-0.2, 0) is 26.3 Å². The van der Waals surface area contributed by atoms with Crippen molar-refractivity contribution >= 4 is 21.2 Å². The van der Waals surface area contributed by atoms with Gasteiger partial charge >= 0.3 is 11.4 Å². The second-order valence-electron chi connectivity index (χ2n) is 16.6. The fourth-order valence-corrected chi connectivity index (χ4v) is 10.1. The molecule has 3 aliphatic rings. The maximum atomic E-state index is 15.3. The number of aryl methyl sites for hydroxylation is 2. The molecule has 61 heavy (non-hydrogen) atoms. The summed E-state index contributed by atoms with van der Waals surface area (Å²) in [5, 5.41) is 9.17. The first kappa shape index (κ1) is 38.8. The van der Waals surface area contributed by atoms with Crippen molar-refractivity contribution in [2.75, 3.05) is 26.0 Å². The highest BCUT2D eigenvalue weighted by Gasteiger charge is 2.54. The molecule has 2 aromatic carbocycles. The number of amides is 1. The van der Waals surface area contributed by atoms with Gasteiger partial charge in [-0.05, 0) is 124 Å². The number of nitrogens with zero attached hydrogens (tertiary/aromatic N) is 7. The van der Waals surface area contributed by atoms with Crippen LogP contribution in [0.4, 0.5) is 4.39 Å². The minimum Gasteiger partial charge on any atom is -0.381 e. The molecule has 0 bridgehead atoms. The predicted molar refractivity (Wildman–Crippen MR) is 223 cm³/mol. The molecule has 0 radical (unpaired) electrons. The number of H-pyrrole nitrogens is 1. The average molecular weight is 846 g/mol. The molecule has 1 saturated carbocycles. The highest BCUT2D eigenvalue weighted by molar-refractivity contribution is 7.91. The zero-order valence-corrected chi connectivity index (χ0v) is 34.9. The van der Waals surface area contributed by atoms with E-state index in [0.29, 0.717) is 101 Å². The Hall–Kier alpha value is -6.33. The van der Waals surface area contributed by atoms with Gasteiger partial charge < -0.3 is 14.0 Å². The number of ether oxygens (including phenoxy) is 1. The molecule has 314 valence electrons. The molecule has 2 N–H and O–H groups in total. The number of hydrogen-bond acceptors (Lipinski definition) is 9. The zero-order chi connectivity index (χ0) is 42.5. The van der Waals surface area contributed by atoms with Crippen LogP contribution in [0.3, 0.4) is 0 Å². The van der Waals surface area contributed by atoms with E-state index >= 15 is 9.18 Å². The SMILES string of the molecule is Cc1cc(-n2nc3c(c2-n2ccn(-c4ccc(S(C)(=N)=O)cc4)c2=O)[C@H](C)N(C(=O)c2cc4cc(C5CCOCC5)ccn4c2C2(c4noc(=O)[nH]4)CC2)CC3)cc(C)c1F. The number of carbonyl (C=O) groups excluding carboxylic acids is 1. The minimum atomic E-state index is -2.96. The smallest absolute Gasteiger partial charge is 0.381 e. The second kappa shape index (κ2) is 14.1. The first-order chi connectivity index (χ1) is 29.2. The normalized spacial score (nSPS) is 18.6. The van der Waals surface area contributed by atoms with Crippen LogP contribution in [0.15, 0.2) is 92.2 Å². The van der Waals surface area contributed by atoms with E-state index < -0.39 is 32.6 Å². The monoisotopic (exact) mass is 845 g/mol. The number of aromatic amines is 1. The van der Waals surface area contributed by atoms with Gasteiger partial charge in [0.1, 0.15) is 11.6 Å². The third kappa shape index (κ3) is 6.31. The van der Waals surface area contributed by atoms with E-state index in [1.165, 1.54) is 21.0 Å². The maximum absolute atomic E-state index is 15.3. The first-order valence-corrected chi connectivity index (χ1v) is 22.3. The van der Waals surface area contributed by atoms with E-state index in [4.69, 9.17) is 19.1 Å². The quantitative estimate of drug-likeness (QED) is 0.180. The largest absolute Gasteiger partial charge is 0.438 e. The number of nitrogens with one attached hydrogen (secondary N) is 2. The second-order valence-corrected chi connectivity index (χ2v) is 18.8. The van der Waals surface area contributed by atoms with Crippen LogP contribution in [0.25, 0.3) is 22.7 Å². The number of aromatic nitrogens is 7. The molecule has 15 nitrogen and oxygen atoms in total. The van der Waals surface area contributed by atoms with E-state index in [-0.39, 0.29) is 11.7 Å². The molecule has 10 rings (SSSR count). The summed E-state index contributed by atoms with van der Waals surface area (Å²) < 4.78 is 52.7. The number of rotatable bonds is 8. The van der Waals surface area contributed by atoms with Gasteiger partial charge in [-0.2, -0.15) is 5.10 Å². The maximum Gasteiger partial charge on any atom is 0.438 e. The lowest BCUT2D eigenvalue weighted by molar-refractivity contribution is 0.0675. The van der Waals surface area contributed by atoms with Gasteiger partial charge in [-0.1, -0.05) is 5.16 Å². The molecule has 1 unspecified atom stereocenters. The third-order valence-electron chi connectivity index (χ3n) is 12.8. The van der Waals surface area contributed by atoms with Gasteiger partial charge in [0.15, 0.2) is 5.82 Å². The Morgan fingerprint density at radius 1 is 0.967 bits per heavy atom. The molecule has 1 aliphatic carbocycles. The van der Waals surface area contributed by atoms with E-state index in [2.05, 4.69) is 22.3 Å². The minimum absolute atomic E-state index is 0.222. The van der Waals surface area contributed by atoms with Crippen molar-refractivity contribution in [2.24, 2.45) is 0 Å². The van der Waals surface area contributed by atoms with Crippen molar-refractivity contribution < 1.29 is 22.7 Å². The fourth-order valence-electron chi connectivity index (χ4n) is 9.42. The Bertz CT molecular complexity index is 3120. The molecule has 2 atom stereocenters. The van der Waals surface area contributed by atoms with Crippen LogP contribution < -0.4 is 11.4 Å². The number of fused-ring (bicyclic) bond motifs is 2. The Morgan fingerprint density at radius 3 is 2.33 bits per heavy atom. The molecule has 7 heterocycles. The summed E-state index contributed by atoms with van der Waals surface area (Å²) in [4.78, 5) is 47.0. The molecule has 2 fully saturated rings. The molecule has 17 heteroatoms. The van der Waals surface area contributed by atoms with E-state index in [9.17, 15) is 13.8 Å². The fraction of sp³-hybridized carbons (Fsp3) is 0.341. The molecule has 1 amide bonds. The Kier molecular flexibility index (Phi) is 8.99. The number of pyridine rings is 1. The van der Waals surface area contributed by atoms with Gasteiger partial charge in [-0.25, -0.2) is 27.6 Å². The molecule has 0 spiro atoms. The summed E-state index contributed by atoms with van der Waals surface area (Å²) >= 11 is 0.